The van der Waals surface area contributed by atoms with Crippen molar-refractivity contribution in [2.45, 2.75) is 20.8 Å². The van der Waals surface area contributed by atoms with Crippen LogP contribution in [0.2, 0.25) is 0 Å². The second-order valence-corrected chi connectivity index (χ2v) is 12.5. The van der Waals surface area contributed by atoms with Crippen LogP contribution >= 0.6 is 0 Å². The normalized spacial score (nSPS) is 10.9. The van der Waals surface area contributed by atoms with Gasteiger partial charge in [-0.1, -0.05) is 60.2 Å². The second kappa shape index (κ2) is 14.3. The van der Waals surface area contributed by atoms with Gasteiger partial charge < -0.3 is 14.5 Å². The Labute approximate surface area is 297 Å². The van der Waals surface area contributed by atoms with Gasteiger partial charge in [0.1, 0.15) is 17.4 Å². The van der Waals surface area contributed by atoms with Crippen molar-refractivity contribution in [3.63, 3.8) is 0 Å². The molecule has 7 aromatic rings. The van der Waals surface area contributed by atoms with Crippen LogP contribution in [0.1, 0.15) is 16.7 Å². The Hall–Kier alpha value is -6.34. The van der Waals surface area contributed by atoms with Gasteiger partial charge in [0, 0.05) is 60.3 Å². The van der Waals surface area contributed by atoms with Gasteiger partial charge in [-0.25, -0.2) is 13.8 Å². The third kappa shape index (κ3) is 7.05. The summed E-state index contributed by atoms with van der Waals surface area (Å²) in [6.45, 7) is 6.18. The SMILES string of the molecule is Cc1cc(C)c(-c2ccnc(-c3cc(Oc4cc(N(C)c5ccccn5)cc(N(c5ccccc5)c5ccccc5)c4)c(F)cc3F)c2)c(C)c1. The molecule has 7 rings (SSSR count). The number of benzene rings is 5. The summed E-state index contributed by atoms with van der Waals surface area (Å²) in [5, 5.41) is 0. The fourth-order valence-electron chi connectivity index (χ4n) is 6.53. The first kappa shape index (κ1) is 33.2. The molecule has 0 spiro atoms. The molecule has 2 heterocycles. The number of pyridine rings is 2. The van der Waals surface area contributed by atoms with Gasteiger partial charge in [-0.2, -0.15) is 0 Å². The number of para-hydroxylation sites is 2. The molecule has 5 aromatic carbocycles. The number of rotatable bonds is 9. The van der Waals surface area contributed by atoms with Crippen LogP contribution < -0.4 is 14.5 Å². The summed E-state index contributed by atoms with van der Waals surface area (Å²) in [6, 6.07) is 41.5. The zero-order valence-corrected chi connectivity index (χ0v) is 28.8. The third-order valence-electron chi connectivity index (χ3n) is 8.79. The quantitative estimate of drug-likeness (QED) is 0.152. The lowest BCUT2D eigenvalue weighted by Crippen LogP contribution is -2.14. The number of ether oxygens (including phenoxy) is 1. The molecule has 0 bridgehead atoms. The minimum Gasteiger partial charge on any atom is -0.454 e. The van der Waals surface area contributed by atoms with Crippen LogP contribution in [0, 0.1) is 32.4 Å². The average Bonchev–Trinajstić information content (AvgIpc) is 3.13. The van der Waals surface area contributed by atoms with Gasteiger partial charge in [0.2, 0.25) is 0 Å². The maximum absolute atomic E-state index is 15.6. The molecule has 0 radical (unpaired) electrons. The van der Waals surface area contributed by atoms with Crippen molar-refractivity contribution in [3.8, 4) is 33.9 Å². The van der Waals surface area contributed by atoms with E-state index < -0.39 is 11.6 Å². The number of nitrogens with zero attached hydrogens (tertiary/aromatic N) is 4. The van der Waals surface area contributed by atoms with Crippen molar-refractivity contribution < 1.29 is 13.5 Å². The van der Waals surface area contributed by atoms with Gasteiger partial charge in [0.15, 0.2) is 11.6 Å². The Balaban J connectivity index is 1.33. The molecule has 0 N–H and O–H groups in total. The standard InChI is InChI=1S/C44H36F2N4O/c1-29-21-30(2)44(31(3)22-29)32-18-20-47-41(23-32)38-27-42(40(46)28-39(38)45)51-37-25-35(49(4)43-17-11-12-19-48-43)24-36(26-37)50(33-13-7-5-8-14-33)34-15-9-6-10-16-34/h5-28H,1-4H3. The predicted molar refractivity (Wildman–Crippen MR) is 203 cm³/mol. The van der Waals surface area contributed by atoms with Crippen LogP contribution in [-0.4, -0.2) is 17.0 Å². The summed E-state index contributed by atoms with van der Waals surface area (Å²) in [4.78, 5) is 13.1. The third-order valence-corrected chi connectivity index (χ3v) is 8.79. The Bertz CT molecular complexity index is 2250. The molecule has 7 heteroatoms. The van der Waals surface area contributed by atoms with E-state index in [0.29, 0.717) is 17.3 Å². The second-order valence-electron chi connectivity index (χ2n) is 12.5. The molecule has 252 valence electrons. The van der Waals surface area contributed by atoms with Crippen LogP contribution in [0.3, 0.4) is 0 Å². The zero-order chi connectivity index (χ0) is 35.5. The lowest BCUT2D eigenvalue weighted by molar-refractivity contribution is 0.438. The molecule has 0 aliphatic carbocycles. The van der Waals surface area contributed by atoms with Gasteiger partial charge >= 0.3 is 0 Å². The van der Waals surface area contributed by atoms with E-state index in [2.05, 4.69) is 47.8 Å². The smallest absolute Gasteiger partial charge is 0.168 e. The molecule has 0 saturated heterocycles. The number of anilines is 5. The number of halogens is 2. The summed E-state index contributed by atoms with van der Waals surface area (Å²) in [5.41, 5.74) is 9.22. The van der Waals surface area contributed by atoms with Crippen LogP contribution in [-0.2, 0) is 0 Å². The lowest BCUT2D eigenvalue weighted by Gasteiger charge is -2.28. The fourth-order valence-corrected chi connectivity index (χ4v) is 6.53. The van der Waals surface area contributed by atoms with Crippen molar-refractivity contribution in [2.75, 3.05) is 16.8 Å². The molecule has 0 unspecified atom stereocenters. The fraction of sp³-hybridized carbons (Fsp3) is 0.0909. The maximum Gasteiger partial charge on any atom is 0.168 e. The van der Waals surface area contributed by atoms with E-state index in [4.69, 9.17) is 4.74 Å². The molecular formula is C44H36F2N4O. The Morgan fingerprint density at radius 2 is 1.22 bits per heavy atom. The Kier molecular flexibility index (Phi) is 9.27. The van der Waals surface area contributed by atoms with Crippen molar-refractivity contribution in [2.24, 2.45) is 0 Å². The first-order valence-electron chi connectivity index (χ1n) is 16.7. The number of hydrogen-bond donors (Lipinski definition) is 0. The molecule has 51 heavy (non-hydrogen) atoms. The summed E-state index contributed by atoms with van der Waals surface area (Å²) in [5.74, 6) is -0.620. The largest absolute Gasteiger partial charge is 0.454 e. The maximum atomic E-state index is 15.6. The van der Waals surface area contributed by atoms with E-state index in [-0.39, 0.29) is 11.3 Å². The van der Waals surface area contributed by atoms with E-state index >= 15 is 8.78 Å². The van der Waals surface area contributed by atoms with Crippen LogP contribution in [0.15, 0.2) is 146 Å². The Morgan fingerprint density at radius 1 is 0.569 bits per heavy atom. The van der Waals surface area contributed by atoms with Crippen LogP contribution in [0.4, 0.5) is 37.3 Å². The molecule has 0 aliphatic heterocycles. The van der Waals surface area contributed by atoms with Gasteiger partial charge in [-0.15, -0.1) is 0 Å². The average molecular weight is 675 g/mol. The molecule has 0 amide bonds. The zero-order valence-electron chi connectivity index (χ0n) is 28.8. The highest BCUT2D eigenvalue weighted by Crippen LogP contribution is 2.42. The first-order valence-corrected chi connectivity index (χ1v) is 16.7. The highest BCUT2D eigenvalue weighted by molar-refractivity contribution is 5.81. The van der Waals surface area contributed by atoms with E-state index in [9.17, 15) is 0 Å². The summed E-state index contributed by atoms with van der Waals surface area (Å²) < 4.78 is 37.5. The van der Waals surface area contributed by atoms with Gasteiger partial charge in [-0.3, -0.25) is 4.98 Å². The van der Waals surface area contributed by atoms with E-state index in [1.165, 1.54) is 11.6 Å². The van der Waals surface area contributed by atoms with Crippen molar-refractivity contribution in [3.05, 3.63) is 174 Å². The van der Waals surface area contributed by atoms with E-state index in [0.717, 1.165) is 51.1 Å². The summed E-state index contributed by atoms with van der Waals surface area (Å²) in [7, 11) is 1.91. The van der Waals surface area contributed by atoms with E-state index in [1.54, 1.807) is 12.4 Å². The molecular weight excluding hydrogens is 639 g/mol. The van der Waals surface area contributed by atoms with Crippen molar-refractivity contribution in [1.82, 2.24) is 9.97 Å². The van der Waals surface area contributed by atoms with Gasteiger partial charge in [0.05, 0.1) is 11.4 Å². The highest BCUT2D eigenvalue weighted by Gasteiger charge is 2.20. The minimum absolute atomic E-state index is 0.129. The van der Waals surface area contributed by atoms with Crippen LogP contribution in [0.25, 0.3) is 22.4 Å². The topological polar surface area (TPSA) is 41.5 Å². The Morgan fingerprint density at radius 3 is 1.86 bits per heavy atom. The molecule has 0 fully saturated rings. The van der Waals surface area contributed by atoms with Gasteiger partial charge in [0.25, 0.3) is 0 Å². The predicted octanol–water partition coefficient (Wildman–Crippen LogP) is 12.0. The van der Waals surface area contributed by atoms with Gasteiger partial charge in [-0.05, 0) is 104 Å². The first-order chi connectivity index (χ1) is 24.7. The van der Waals surface area contributed by atoms with E-state index in [1.807, 2.05) is 121 Å². The number of hydrogen-bond acceptors (Lipinski definition) is 5. The molecule has 0 saturated carbocycles. The molecule has 5 nitrogen and oxygen atoms in total. The van der Waals surface area contributed by atoms with Crippen molar-refractivity contribution in [1.29, 1.82) is 0 Å². The number of aryl methyl sites for hydroxylation is 3. The summed E-state index contributed by atoms with van der Waals surface area (Å²) in [6.07, 6.45) is 3.38. The van der Waals surface area contributed by atoms with Crippen molar-refractivity contribution >= 4 is 28.6 Å². The molecule has 0 aliphatic rings. The summed E-state index contributed by atoms with van der Waals surface area (Å²) >= 11 is 0. The highest BCUT2D eigenvalue weighted by atomic mass is 19.1. The minimum atomic E-state index is -0.828. The van der Waals surface area contributed by atoms with Crippen LogP contribution in [0.5, 0.6) is 11.5 Å². The molecule has 0 atom stereocenters. The molecule has 2 aromatic heterocycles. The monoisotopic (exact) mass is 674 g/mol. The lowest BCUT2D eigenvalue weighted by atomic mass is 9.93. The number of aromatic nitrogens is 2.